The van der Waals surface area contributed by atoms with E-state index in [0.29, 0.717) is 12.6 Å². The van der Waals surface area contributed by atoms with Crippen molar-refractivity contribution in [3.63, 3.8) is 0 Å². The number of nitrogens with zero attached hydrogens (tertiary/aromatic N) is 2. The number of amides is 1. The molecule has 1 fully saturated rings. The number of likely N-dealkylation sites (tertiary alicyclic amines) is 1. The Labute approximate surface area is 152 Å². The van der Waals surface area contributed by atoms with Crippen molar-refractivity contribution in [1.82, 2.24) is 4.90 Å². The van der Waals surface area contributed by atoms with E-state index in [2.05, 4.69) is 48.0 Å². The highest BCUT2D eigenvalue weighted by atomic mass is 16.3. The lowest BCUT2D eigenvalue weighted by Crippen LogP contribution is -2.43. The Morgan fingerprint density at radius 3 is 2.56 bits per heavy atom. The quantitative estimate of drug-likeness (QED) is 0.796. The number of benzene rings is 1. The van der Waals surface area contributed by atoms with E-state index < -0.39 is 0 Å². The number of hydrogen-bond donors (Lipinski definition) is 2. The molecule has 1 saturated heterocycles. The van der Waals surface area contributed by atoms with Crippen molar-refractivity contribution >= 4 is 17.3 Å². The van der Waals surface area contributed by atoms with Gasteiger partial charge in [0.2, 0.25) is 5.91 Å². The van der Waals surface area contributed by atoms with Crippen LogP contribution in [0.25, 0.3) is 0 Å². The predicted octanol–water partition coefficient (Wildman–Crippen LogP) is 2.95. The molecule has 1 aromatic rings. The summed E-state index contributed by atoms with van der Waals surface area (Å²) in [6.45, 7) is 11.4. The number of nitrogens with one attached hydrogen (secondary N) is 1. The van der Waals surface area contributed by atoms with Crippen molar-refractivity contribution < 1.29 is 9.90 Å². The molecule has 5 heteroatoms. The van der Waals surface area contributed by atoms with Crippen LogP contribution in [0.15, 0.2) is 24.3 Å². The van der Waals surface area contributed by atoms with Gasteiger partial charge in [-0.2, -0.15) is 0 Å². The maximum absolute atomic E-state index is 12.3. The molecule has 1 heterocycles. The fraction of sp³-hybridized carbons (Fsp3) is 0.650. The van der Waals surface area contributed by atoms with E-state index in [9.17, 15) is 9.90 Å². The lowest BCUT2D eigenvalue weighted by atomic mass is 9.93. The minimum Gasteiger partial charge on any atom is -0.393 e. The molecule has 0 saturated carbocycles. The Morgan fingerprint density at radius 2 is 2.00 bits per heavy atom. The molecule has 1 aliphatic heterocycles. The van der Waals surface area contributed by atoms with Crippen LogP contribution in [0.5, 0.6) is 0 Å². The molecular formula is C20H33N3O2. The molecule has 2 unspecified atom stereocenters. The van der Waals surface area contributed by atoms with Crippen LogP contribution in [0.1, 0.15) is 40.5 Å². The lowest BCUT2D eigenvalue weighted by molar-refractivity contribution is -0.118. The number of aliphatic hydroxyl groups excluding tert-OH is 1. The number of aliphatic hydroxyl groups is 1. The maximum atomic E-state index is 12.3. The van der Waals surface area contributed by atoms with Crippen LogP contribution < -0.4 is 10.2 Å². The molecule has 2 rings (SSSR count). The molecule has 1 aromatic carbocycles. The van der Waals surface area contributed by atoms with Crippen LogP contribution in [0.3, 0.4) is 0 Å². The summed E-state index contributed by atoms with van der Waals surface area (Å²) in [5.74, 6) is 0.284. The lowest BCUT2D eigenvalue weighted by Gasteiger charge is -2.33. The molecule has 1 amide bonds. The zero-order valence-corrected chi connectivity index (χ0v) is 16.0. The average Bonchev–Trinajstić information content (AvgIpc) is 2.57. The number of piperidine rings is 1. The number of carbonyl (C=O) groups is 1. The molecule has 0 aliphatic carbocycles. The highest BCUT2D eigenvalue weighted by Crippen LogP contribution is 2.21. The molecule has 1 aliphatic rings. The van der Waals surface area contributed by atoms with E-state index in [1.54, 1.807) is 0 Å². The van der Waals surface area contributed by atoms with Gasteiger partial charge in [0, 0.05) is 30.5 Å². The summed E-state index contributed by atoms with van der Waals surface area (Å²) < 4.78 is 0. The number of hydrogen-bond acceptors (Lipinski definition) is 4. The molecule has 0 spiro atoms. The molecule has 140 valence electrons. The Hall–Kier alpha value is -1.59. The minimum absolute atomic E-state index is 0.00944. The monoisotopic (exact) mass is 347 g/mol. The standard InChI is InChI=1S/C20H33N3O2/c1-5-23(15(2)3)19-10-8-18(9-11-19)21-20(25)14-22-12-6-7-17(13-22)16(4)24/h8-11,15-17,24H,5-7,12-14H2,1-4H3,(H,21,25). The molecule has 0 radical (unpaired) electrons. The first-order valence-corrected chi connectivity index (χ1v) is 9.47. The number of anilines is 2. The minimum atomic E-state index is -0.305. The van der Waals surface area contributed by atoms with Crippen LogP contribution in [-0.2, 0) is 4.79 Å². The van der Waals surface area contributed by atoms with Gasteiger partial charge in [-0.15, -0.1) is 0 Å². The second-order valence-electron chi connectivity index (χ2n) is 7.35. The van der Waals surface area contributed by atoms with Gasteiger partial charge < -0.3 is 15.3 Å². The van der Waals surface area contributed by atoms with Crippen LogP contribution in [-0.4, -0.2) is 54.2 Å². The Morgan fingerprint density at radius 1 is 1.32 bits per heavy atom. The zero-order chi connectivity index (χ0) is 18.4. The maximum Gasteiger partial charge on any atom is 0.238 e. The molecule has 0 aromatic heterocycles. The van der Waals surface area contributed by atoms with Gasteiger partial charge in [0.25, 0.3) is 0 Å². The van der Waals surface area contributed by atoms with Gasteiger partial charge in [-0.1, -0.05) is 0 Å². The van der Waals surface area contributed by atoms with E-state index in [4.69, 9.17) is 0 Å². The first-order valence-electron chi connectivity index (χ1n) is 9.47. The molecule has 25 heavy (non-hydrogen) atoms. The summed E-state index contributed by atoms with van der Waals surface area (Å²) in [7, 11) is 0. The van der Waals surface area contributed by atoms with Crippen LogP contribution in [0, 0.1) is 5.92 Å². The summed E-state index contributed by atoms with van der Waals surface area (Å²) in [5, 5.41) is 12.7. The SMILES string of the molecule is CCN(c1ccc(NC(=O)CN2CCCC(C(C)O)C2)cc1)C(C)C. The topological polar surface area (TPSA) is 55.8 Å². The van der Waals surface area contributed by atoms with Crippen molar-refractivity contribution in [2.75, 3.05) is 36.4 Å². The summed E-state index contributed by atoms with van der Waals surface area (Å²) in [4.78, 5) is 16.8. The van der Waals surface area contributed by atoms with Crippen molar-refractivity contribution in [1.29, 1.82) is 0 Å². The van der Waals surface area contributed by atoms with Crippen LogP contribution in [0.2, 0.25) is 0 Å². The van der Waals surface area contributed by atoms with Crippen molar-refractivity contribution in [3.05, 3.63) is 24.3 Å². The highest BCUT2D eigenvalue weighted by Gasteiger charge is 2.24. The van der Waals surface area contributed by atoms with Crippen molar-refractivity contribution in [2.45, 2.75) is 52.7 Å². The third-order valence-corrected chi connectivity index (χ3v) is 5.04. The third kappa shape index (κ3) is 5.72. The third-order valence-electron chi connectivity index (χ3n) is 5.04. The van der Waals surface area contributed by atoms with Gasteiger partial charge in [-0.25, -0.2) is 0 Å². The van der Waals surface area contributed by atoms with Crippen LogP contribution in [0.4, 0.5) is 11.4 Å². The molecule has 5 nitrogen and oxygen atoms in total. The Kier molecular flexibility index (Phi) is 7.26. The smallest absolute Gasteiger partial charge is 0.238 e. The van der Waals surface area contributed by atoms with Crippen molar-refractivity contribution in [2.24, 2.45) is 5.92 Å². The average molecular weight is 348 g/mol. The first-order chi connectivity index (χ1) is 11.9. The molecule has 2 atom stereocenters. The number of carbonyl (C=O) groups excluding carboxylic acids is 1. The fourth-order valence-corrected chi connectivity index (χ4v) is 3.61. The van der Waals surface area contributed by atoms with E-state index in [-0.39, 0.29) is 17.9 Å². The van der Waals surface area contributed by atoms with E-state index in [1.807, 2.05) is 19.1 Å². The van der Waals surface area contributed by atoms with Gasteiger partial charge in [-0.3, -0.25) is 9.69 Å². The van der Waals surface area contributed by atoms with E-state index >= 15 is 0 Å². The Balaban J connectivity index is 1.88. The summed E-state index contributed by atoms with van der Waals surface area (Å²) >= 11 is 0. The van der Waals surface area contributed by atoms with Crippen LogP contribution >= 0.6 is 0 Å². The second kappa shape index (κ2) is 9.20. The van der Waals surface area contributed by atoms with Crippen molar-refractivity contribution in [3.8, 4) is 0 Å². The van der Waals surface area contributed by atoms with Gasteiger partial charge in [0.1, 0.15) is 0 Å². The van der Waals surface area contributed by atoms with Gasteiger partial charge in [0.15, 0.2) is 0 Å². The van der Waals surface area contributed by atoms with Gasteiger partial charge in [-0.05, 0) is 77.3 Å². The van der Waals surface area contributed by atoms with E-state index in [1.165, 1.54) is 5.69 Å². The molecule has 0 bridgehead atoms. The normalized spacial score (nSPS) is 19.7. The Bertz CT molecular complexity index is 542. The largest absolute Gasteiger partial charge is 0.393 e. The predicted molar refractivity (Wildman–Crippen MR) is 104 cm³/mol. The van der Waals surface area contributed by atoms with Gasteiger partial charge >= 0.3 is 0 Å². The summed E-state index contributed by atoms with van der Waals surface area (Å²) in [6.07, 6.45) is 1.78. The van der Waals surface area contributed by atoms with Gasteiger partial charge in [0.05, 0.1) is 12.6 Å². The first kappa shape index (κ1) is 19.7. The summed E-state index contributed by atoms with van der Waals surface area (Å²) in [6, 6.07) is 8.50. The highest BCUT2D eigenvalue weighted by molar-refractivity contribution is 5.92. The molecular weight excluding hydrogens is 314 g/mol. The van der Waals surface area contributed by atoms with E-state index in [0.717, 1.165) is 38.2 Å². The summed E-state index contributed by atoms with van der Waals surface area (Å²) in [5.41, 5.74) is 2.00. The fourth-order valence-electron chi connectivity index (χ4n) is 3.61. The second-order valence-corrected chi connectivity index (χ2v) is 7.35. The zero-order valence-electron chi connectivity index (χ0n) is 16.0. The number of rotatable bonds is 7. The molecule has 2 N–H and O–H groups in total.